The molecule has 0 unspecified atom stereocenters. The van der Waals surface area contributed by atoms with E-state index in [4.69, 9.17) is 4.74 Å². The lowest BCUT2D eigenvalue weighted by molar-refractivity contribution is 0.339. The van der Waals surface area contributed by atoms with Gasteiger partial charge in [-0.3, -0.25) is 4.98 Å². The minimum atomic E-state index is 0.484. The zero-order valence-corrected chi connectivity index (χ0v) is 13.3. The highest BCUT2D eigenvalue weighted by Crippen LogP contribution is 2.26. The smallest absolute Gasteiger partial charge is 0.138 e. The van der Waals surface area contributed by atoms with E-state index >= 15 is 0 Å². The normalized spacial score (nSPS) is 10.9. The number of pyridine rings is 1. The number of nitrogens with one attached hydrogen (secondary N) is 1. The van der Waals surface area contributed by atoms with Crippen molar-refractivity contribution in [3.8, 4) is 16.9 Å². The highest BCUT2D eigenvalue weighted by atomic mass is 16.5. The molecule has 1 aromatic heterocycles. The standard InChI is InChI=1S/C18H24N2O/c1-5-21-17-9-16(11-19-12-17)18-8-15(7-6-14(18)4)10-20-13(2)3/h6-9,11-13,20H,5,10H2,1-4H3. The Kier molecular flexibility index (Phi) is 5.34. The number of ether oxygens (including phenoxy) is 1. The van der Waals surface area contributed by atoms with Gasteiger partial charge < -0.3 is 10.1 Å². The maximum Gasteiger partial charge on any atom is 0.138 e. The van der Waals surface area contributed by atoms with Gasteiger partial charge in [0.15, 0.2) is 0 Å². The van der Waals surface area contributed by atoms with E-state index in [2.05, 4.69) is 55.3 Å². The molecule has 0 spiro atoms. The van der Waals surface area contributed by atoms with Crippen molar-refractivity contribution in [2.24, 2.45) is 0 Å². The number of aromatic nitrogens is 1. The first-order valence-corrected chi connectivity index (χ1v) is 7.51. The Balaban J connectivity index is 2.29. The molecule has 0 saturated carbocycles. The second-order valence-corrected chi connectivity index (χ2v) is 5.53. The molecule has 1 heterocycles. The van der Waals surface area contributed by atoms with Crippen LogP contribution < -0.4 is 10.1 Å². The molecule has 21 heavy (non-hydrogen) atoms. The summed E-state index contributed by atoms with van der Waals surface area (Å²) in [6.45, 7) is 9.96. The lowest BCUT2D eigenvalue weighted by atomic mass is 9.99. The van der Waals surface area contributed by atoms with Crippen molar-refractivity contribution in [3.05, 3.63) is 47.8 Å². The van der Waals surface area contributed by atoms with E-state index in [1.54, 1.807) is 6.20 Å². The van der Waals surface area contributed by atoms with Crippen molar-refractivity contribution >= 4 is 0 Å². The second-order valence-electron chi connectivity index (χ2n) is 5.53. The molecule has 0 radical (unpaired) electrons. The molecule has 0 saturated heterocycles. The van der Waals surface area contributed by atoms with Crippen molar-refractivity contribution in [3.63, 3.8) is 0 Å². The number of benzene rings is 1. The van der Waals surface area contributed by atoms with Gasteiger partial charge in [-0.2, -0.15) is 0 Å². The van der Waals surface area contributed by atoms with Gasteiger partial charge in [0.25, 0.3) is 0 Å². The first-order chi connectivity index (χ1) is 10.1. The summed E-state index contributed by atoms with van der Waals surface area (Å²) in [7, 11) is 0. The number of nitrogens with zero attached hydrogens (tertiary/aromatic N) is 1. The molecule has 3 nitrogen and oxygen atoms in total. The van der Waals surface area contributed by atoms with Crippen molar-refractivity contribution in [2.45, 2.75) is 40.3 Å². The van der Waals surface area contributed by atoms with E-state index in [9.17, 15) is 0 Å². The van der Waals surface area contributed by atoms with Crippen LogP contribution in [0, 0.1) is 6.92 Å². The van der Waals surface area contributed by atoms with E-state index < -0.39 is 0 Å². The van der Waals surface area contributed by atoms with E-state index in [-0.39, 0.29) is 0 Å². The van der Waals surface area contributed by atoms with Gasteiger partial charge in [-0.1, -0.05) is 26.0 Å². The van der Waals surface area contributed by atoms with Crippen LogP contribution in [0.15, 0.2) is 36.7 Å². The fourth-order valence-corrected chi connectivity index (χ4v) is 2.22. The van der Waals surface area contributed by atoms with E-state index in [0.29, 0.717) is 12.6 Å². The first kappa shape index (κ1) is 15.5. The Labute approximate surface area is 127 Å². The maximum atomic E-state index is 5.54. The number of aryl methyl sites for hydroxylation is 1. The van der Waals surface area contributed by atoms with Crippen LogP contribution in [0.4, 0.5) is 0 Å². The lowest BCUT2D eigenvalue weighted by Crippen LogP contribution is -2.21. The number of rotatable bonds is 6. The van der Waals surface area contributed by atoms with Crippen LogP contribution in [-0.4, -0.2) is 17.6 Å². The quantitative estimate of drug-likeness (QED) is 0.872. The van der Waals surface area contributed by atoms with Crippen LogP contribution in [0.1, 0.15) is 31.9 Å². The molecule has 1 N–H and O–H groups in total. The molecule has 0 aliphatic carbocycles. The Morgan fingerprint density at radius 3 is 2.71 bits per heavy atom. The summed E-state index contributed by atoms with van der Waals surface area (Å²) in [4.78, 5) is 4.28. The monoisotopic (exact) mass is 284 g/mol. The van der Waals surface area contributed by atoms with Gasteiger partial charge in [0.05, 0.1) is 12.8 Å². The minimum Gasteiger partial charge on any atom is -0.492 e. The first-order valence-electron chi connectivity index (χ1n) is 7.51. The van der Waals surface area contributed by atoms with Gasteiger partial charge in [-0.25, -0.2) is 0 Å². The summed E-state index contributed by atoms with van der Waals surface area (Å²) in [6, 6.07) is 9.11. The van der Waals surface area contributed by atoms with Crippen LogP contribution >= 0.6 is 0 Å². The zero-order valence-electron chi connectivity index (χ0n) is 13.3. The van der Waals surface area contributed by atoms with Crippen LogP contribution in [0.25, 0.3) is 11.1 Å². The van der Waals surface area contributed by atoms with Gasteiger partial charge in [0, 0.05) is 24.3 Å². The van der Waals surface area contributed by atoms with Crippen LogP contribution in [-0.2, 0) is 6.54 Å². The van der Waals surface area contributed by atoms with E-state index in [1.807, 2.05) is 13.1 Å². The molecular weight excluding hydrogens is 260 g/mol. The largest absolute Gasteiger partial charge is 0.492 e. The summed E-state index contributed by atoms with van der Waals surface area (Å²) in [5.41, 5.74) is 4.85. The van der Waals surface area contributed by atoms with Gasteiger partial charge in [0.2, 0.25) is 0 Å². The molecule has 0 fully saturated rings. The predicted molar refractivity (Wildman–Crippen MR) is 87.6 cm³/mol. The topological polar surface area (TPSA) is 34.1 Å². The van der Waals surface area contributed by atoms with E-state index in [1.165, 1.54) is 16.7 Å². The van der Waals surface area contributed by atoms with Gasteiger partial charge in [0.1, 0.15) is 5.75 Å². The molecule has 0 aliphatic rings. The highest BCUT2D eigenvalue weighted by Gasteiger charge is 2.06. The average Bonchev–Trinajstić information content (AvgIpc) is 2.47. The summed E-state index contributed by atoms with van der Waals surface area (Å²) in [5, 5.41) is 3.45. The van der Waals surface area contributed by atoms with Crippen molar-refractivity contribution in [2.75, 3.05) is 6.61 Å². The molecular formula is C18H24N2O. The molecule has 3 heteroatoms. The van der Waals surface area contributed by atoms with Crippen LogP contribution in [0.3, 0.4) is 0 Å². The van der Waals surface area contributed by atoms with Crippen LogP contribution in [0.2, 0.25) is 0 Å². The molecule has 1 aromatic carbocycles. The third-order valence-electron chi connectivity index (χ3n) is 3.35. The van der Waals surface area contributed by atoms with Gasteiger partial charge in [-0.05, 0) is 42.7 Å². The fraction of sp³-hybridized carbons (Fsp3) is 0.389. The fourth-order valence-electron chi connectivity index (χ4n) is 2.22. The van der Waals surface area contributed by atoms with E-state index in [0.717, 1.165) is 17.9 Å². The summed E-state index contributed by atoms with van der Waals surface area (Å²) in [5.74, 6) is 0.820. The highest BCUT2D eigenvalue weighted by molar-refractivity contribution is 5.68. The Bertz CT molecular complexity index is 594. The third-order valence-corrected chi connectivity index (χ3v) is 3.35. The Hall–Kier alpha value is -1.87. The summed E-state index contributed by atoms with van der Waals surface area (Å²) in [6.07, 6.45) is 3.65. The molecule has 2 rings (SSSR count). The lowest BCUT2D eigenvalue weighted by Gasteiger charge is -2.12. The molecule has 0 amide bonds. The Morgan fingerprint density at radius 2 is 2.00 bits per heavy atom. The predicted octanol–water partition coefficient (Wildman–Crippen LogP) is 3.95. The van der Waals surface area contributed by atoms with Crippen molar-refractivity contribution < 1.29 is 4.74 Å². The third kappa shape index (κ3) is 4.30. The SMILES string of the molecule is CCOc1cncc(-c2cc(CNC(C)C)ccc2C)c1. The zero-order chi connectivity index (χ0) is 15.2. The van der Waals surface area contributed by atoms with Crippen LogP contribution in [0.5, 0.6) is 5.75 Å². The minimum absolute atomic E-state index is 0.484. The van der Waals surface area contributed by atoms with Crippen molar-refractivity contribution in [1.29, 1.82) is 0 Å². The van der Waals surface area contributed by atoms with Gasteiger partial charge in [-0.15, -0.1) is 0 Å². The van der Waals surface area contributed by atoms with Gasteiger partial charge >= 0.3 is 0 Å². The molecule has 2 aromatic rings. The number of hydrogen-bond acceptors (Lipinski definition) is 3. The molecule has 0 bridgehead atoms. The summed E-state index contributed by atoms with van der Waals surface area (Å²) < 4.78 is 5.54. The van der Waals surface area contributed by atoms with Crippen molar-refractivity contribution in [1.82, 2.24) is 10.3 Å². The Morgan fingerprint density at radius 1 is 1.19 bits per heavy atom. The molecule has 0 atom stereocenters. The average molecular weight is 284 g/mol. The maximum absolute atomic E-state index is 5.54. The molecule has 0 aliphatic heterocycles. The number of hydrogen-bond donors (Lipinski definition) is 1. The summed E-state index contributed by atoms with van der Waals surface area (Å²) >= 11 is 0. The second kappa shape index (κ2) is 7.23. The molecule has 112 valence electrons.